The maximum Gasteiger partial charge on any atom is 0.326 e. The van der Waals surface area contributed by atoms with Gasteiger partial charge in [-0.15, -0.1) is 0 Å². The monoisotopic (exact) mass is 297 g/mol. The average Bonchev–Trinajstić information content (AvgIpc) is 2.80. The molecule has 0 spiro atoms. The van der Waals surface area contributed by atoms with E-state index in [4.69, 9.17) is 9.63 Å². The molecule has 0 aliphatic rings. The van der Waals surface area contributed by atoms with Crippen LogP contribution in [0.3, 0.4) is 0 Å². The zero-order valence-electron chi connectivity index (χ0n) is 13.0. The van der Waals surface area contributed by atoms with E-state index >= 15 is 0 Å². The van der Waals surface area contributed by atoms with Crippen LogP contribution in [0.2, 0.25) is 0 Å². The molecule has 0 radical (unpaired) electrons. The van der Waals surface area contributed by atoms with Crippen molar-refractivity contribution in [2.45, 2.75) is 59.4 Å². The molecule has 7 heteroatoms. The highest BCUT2D eigenvalue weighted by Gasteiger charge is 2.32. The Hall–Kier alpha value is -1.92. The second-order valence-electron chi connectivity index (χ2n) is 6.06. The summed E-state index contributed by atoms with van der Waals surface area (Å²) in [7, 11) is 0. The quantitative estimate of drug-likeness (QED) is 0.791. The van der Waals surface area contributed by atoms with Gasteiger partial charge in [0.05, 0.1) is 0 Å². The second-order valence-corrected chi connectivity index (χ2v) is 6.06. The van der Waals surface area contributed by atoms with Gasteiger partial charge < -0.3 is 14.9 Å². The predicted octanol–water partition coefficient (Wildman–Crippen LogP) is 1.57. The van der Waals surface area contributed by atoms with E-state index in [0.29, 0.717) is 18.1 Å². The van der Waals surface area contributed by atoms with Gasteiger partial charge in [-0.1, -0.05) is 32.9 Å². The number of carboxylic acids is 1. The van der Waals surface area contributed by atoms with E-state index < -0.39 is 17.4 Å². The normalized spacial score (nSPS) is 13.0. The Kier molecular flexibility index (Phi) is 5.87. The van der Waals surface area contributed by atoms with E-state index in [1.807, 2.05) is 6.92 Å². The molecule has 0 aliphatic heterocycles. The predicted molar refractivity (Wildman–Crippen MR) is 75.6 cm³/mol. The number of carbonyl (C=O) groups excluding carboxylic acids is 1. The standard InChI is InChI=1S/C14H23N3O4/c1-5-6-9-15-11(21-17-9)8-7-10(18)16-12(13(19)20)14(2,3)4/h12H,5-8H2,1-4H3,(H,16,18)(H,19,20). The van der Waals surface area contributed by atoms with Crippen LogP contribution in [-0.4, -0.2) is 33.2 Å². The number of carboxylic acid groups (broad SMARTS) is 1. The largest absolute Gasteiger partial charge is 0.480 e. The molecule has 1 amide bonds. The SMILES string of the molecule is CCCc1noc(CCC(=O)NC(C(=O)O)C(C)(C)C)n1. The lowest BCUT2D eigenvalue weighted by Gasteiger charge is -2.27. The first-order valence-corrected chi connectivity index (χ1v) is 7.07. The number of aliphatic carboxylic acids is 1. The molecule has 1 atom stereocenters. The Bertz CT molecular complexity index is 491. The molecule has 1 unspecified atom stereocenters. The van der Waals surface area contributed by atoms with Crippen molar-refractivity contribution >= 4 is 11.9 Å². The fourth-order valence-corrected chi connectivity index (χ4v) is 1.82. The number of carbonyl (C=O) groups is 2. The van der Waals surface area contributed by atoms with Crippen LogP contribution < -0.4 is 5.32 Å². The van der Waals surface area contributed by atoms with Crippen molar-refractivity contribution in [2.75, 3.05) is 0 Å². The molecule has 1 aromatic heterocycles. The van der Waals surface area contributed by atoms with Gasteiger partial charge in [0.15, 0.2) is 5.82 Å². The highest BCUT2D eigenvalue weighted by atomic mass is 16.5. The van der Waals surface area contributed by atoms with Gasteiger partial charge in [0.2, 0.25) is 11.8 Å². The highest BCUT2D eigenvalue weighted by Crippen LogP contribution is 2.19. The van der Waals surface area contributed by atoms with Crippen molar-refractivity contribution in [1.82, 2.24) is 15.5 Å². The fraction of sp³-hybridized carbons (Fsp3) is 0.714. The van der Waals surface area contributed by atoms with Crippen LogP contribution in [0.4, 0.5) is 0 Å². The van der Waals surface area contributed by atoms with Gasteiger partial charge in [0, 0.05) is 19.3 Å². The number of nitrogens with zero attached hydrogens (tertiary/aromatic N) is 2. The lowest BCUT2D eigenvalue weighted by Crippen LogP contribution is -2.49. The van der Waals surface area contributed by atoms with Crippen LogP contribution in [0.1, 0.15) is 52.3 Å². The van der Waals surface area contributed by atoms with Gasteiger partial charge in [-0.2, -0.15) is 4.98 Å². The molecule has 0 saturated heterocycles. The molecule has 21 heavy (non-hydrogen) atoms. The van der Waals surface area contributed by atoms with Crippen molar-refractivity contribution < 1.29 is 19.2 Å². The summed E-state index contributed by atoms with van der Waals surface area (Å²) in [5, 5.41) is 15.5. The zero-order valence-corrected chi connectivity index (χ0v) is 13.0. The summed E-state index contributed by atoms with van der Waals surface area (Å²) in [5.74, 6) is -0.353. The number of aryl methyl sites for hydroxylation is 2. The lowest BCUT2D eigenvalue weighted by molar-refractivity contribution is -0.144. The third-order valence-electron chi connectivity index (χ3n) is 2.97. The summed E-state index contributed by atoms with van der Waals surface area (Å²) < 4.78 is 5.03. The van der Waals surface area contributed by atoms with Crippen molar-refractivity contribution in [3.63, 3.8) is 0 Å². The van der Waals surface area contributed by atoms with Gasteiger partial charge in [-0.05, 0) is 11.8 Å². The van der Waals surface area contributed by atoms with Crippen molar-refractivity contribution in [2.24, 2.45) is 5.41 Å². The van der Waals surface area contributed by atoms with Crippen LogP contribution in [0, 0.1) is 5.41 Å². The van der Waals surface area contributed by atoms with E-state index in [-0.39, 0.29) is 12.3 Å². The summed E-state index contributed by atoms with van der Waals surface area (Å²) in [6.07, 6.45) is 2.08. The van der Waals surface area contributed by atoms with Crippen molar-refractivity contribution in [3.05, 3.63) is 11.7 Å². The molecule has 2 N–H and O–H groups in total. The van der Waals surface area contributed by atoms with Crippen molar-refractivity contribution in [1.29, 1.82) is 0 Å². The van der Waals surface area contributed by atoms with Gasteiger partial charge in [-0.25, -0.2) is 4.79 Å². The van der Waals surface area contributed by atoms with E-state index in [2.05, 4.69) is 15.5 Å². The molecule has 1 heterocycles. The first-order valence-electron chi connectivity index (χ1n) is 7.07. The molecule has 1 rings (SSSR count). The van der Waals surface area contributed by atoms with Crippen LogP contribution in [-0.2, 0) is 22.4 Å². The molecule has 0 aliphatic carbocycles. The summed E-state index contributed by atoms with van der Waals surface area (Å²) in [5.41, 5.74) is -0.555. The molecule has 7 nitrogen and oxygen atoms in total. The third-order valence-corrected chi connectivity index (χ3v) is 2.97. The number of rotatable bonds is 7. The average molecular weight is 297 g/mol. The summed E-state index contributed by atoms with van der Waals surface area (Å²) >= 11 is 0. The minimum absolute atomic E-state index is 0.119. The summed E-state index contributed by atoms with van der Waals surface area (Å²) in [6.45, 7) is 7.31. The van der Waals surface area contributed by atoms with Gasteiger partial charge in [-0.3, -0.25) is 4.79 Å². The smallest absolute Gasteiger partial charge is 0.326 e. The molecule has 0 saturated carbocycles. The fourth-order valence-electron chi connectivity index (χ4n) is 1.82. The topological polar surface area (TPSA) is 105 Å². The highest BCUT2D eigenvalue weighted by molar-refractivity contribution is 5.84. The van der Waals surface area contributed by atoms with E-state index in [1.165, 1.54) is 0 Å². The number of aromatic nitrogens is 2. The molecule has 0 aromatic carbocycles. The lowest BCUT2D eigenvalue weighted by atomic mass is 9.86. The molecule has 0 bridgehead atoms. The molecular formula is C14H23N3O4. The third kappa shape index (κ3) is 5.53. The minimum Gasteiger partial charge on any atom is -0.480 e. The first kappa shape index (κ1) is 17.1. The van der Waals surface area contributed by atoms with Gasteiger partial charge in [0.1, 0.15) is 6.04 Å². The van der Waals surface area contributed by atoms with Crippen LogP contribution >= 0.6 is 0 Å². The number of hydrogen-bond acceptors (Lipinski definition) is 5. The molecular weight excluding hydrogens is 274 g/mol. The Morgan fingerprint density at radius 2 is 2.00 bits per heavy atom. The second kappa shape index (κ2) is 7.19. The molecule has 1 aromatic rings. The van der Waals surface area contributed by atoms with Gasteiger partial charge in [0.25, 0.3) is 0 Å². The maximum atomic E-state index is 11.8. The Morgan fingerprint density at radius 3 is 2.52 bits per heavy atom. The van der Waals surface area contributed by atoms with Gasteiger partial charge >= 0.3 is 5.97 Å². The van der Waals surface area contributed by atoms with Crippen molar-refractivity contribution in [3.8, 4) is 0 Å². The number of amides is 1. The first-order chi connectivity index (χ1) is 9.74. The molecule has 118 valence electrons. The van der Waals surface area contributed by atoms with E-state index in [9.17, 15) is 9.59 Å². The van der Waals surface area contributed by atoms with E-state index in [1.54, 1.807) is 20.8 Å². The Morgan fingerprint density at radius 1 is 1.33 bits per heavy atom. The zero-order chi connectivity index (χ0) is 16.0. The van der Waals surface area contributed by atoms with E-state index in [0.717, 1.165) is 12.8 Å². The van der Waals surface area contributed by atoms with Crippen LogP contribution in [0.25, 0.3) is 0 Å². The Balaban J connectivity index is 2.51. The molecule has 0 fully saturated rings. The summed E-state index contributed by atoms with van der Waals surface area (Å²) in [4.78, 5) is 27.2. The summed E-state index contributed by atoms with van der Waals surface area (Å²) in [6, 6.07) is -0.927. The Labute approximate surface area is 124 Å². The van der Waals surface area contributed by atoms with Crippen LogP contribution in [0.5, 0.6) is 0 Å². The maximum absolute atomic E-state index is 11.8. The number of hydrogen-bond donors (Lipinski definition) is 2. The van der Waals surface area contributed by atoms with Crippen LogP contribution in [0.15, 0.2) is 4.52 Å². The minimum atomic E-state index is -1.04. The number of nitrogens with one attached hydrogen (secondary N) is 1.